The number of halogens is 1. The number of rotatable bonds is 3. The number of benzene rings is 1. The van der Waals surface area contributed by atoms with Gasteiger partial charge in [-0.3, -0.25) is 4.90 Å². The number of hydrogen-bond acceptors (Lipinski definition) is 2. The molecule has 0 heterocycles. The first-order chi connectivity index (χ1) is 7.15. The number of nitrogens with two attached hydrogens (primary N) is 1. The second-order valence-corrected chi connectivity index (χ2v) is 4.83. The fourth-order valence-corrected chi connectivity index (χ4v) is 2.28. The van der Waals surface area contributed by atoms with Crippen LogP contribution in [0.25, 0.3) is 0 Å². The molecule has 1 saturated carbocycles. The molecule has 0 amide bonds. The molecule has 2 nitrogen and oxygen atoms in total. The third-order valence-corrected chi connectivity index (χ3v) is 3.33. The summed E-state index contributed by atoms with van der Waals surface area (Å²) in [5.74, 6) is 0. The highest BCUT2D eigenvalue weighted by Crippen LogP contribution is 2.26. The summed E-state index contributed by atoms with van der Waals surface area (Å²) in [7, 11) is 2.17. The molecule has 1 aliphatic carbocycles. The normalized spacial score (nSPS) is 16.7. The van der Waals surface area contributed by atoms with E-state index in [1.165, 1.54) is 24.8 Å². The predicted molar refractivity (Wildman–Crippen MR) is 65.0 cm³/mol. The highest BCUT2D eigenvalue weighted by Gasteiger charge is 2.21. The van der Waals surface area contributed by atoms with Crippen molar-refractivity contribution in [2.24, 2.45) is 0 Å². The lowest BCUT2D eigenvalue weighted by Crippen LogP contribution is -2.36. The van der Waals surface area contributed by atoms with Crippen molar-refractivity contribution in [2.45, 2.75) is 31.8 Å². The summed E-state index contributed by atoms with van der Waals surface area (Å²) in [4.78, 5) is 2.38. The zero-order valence-corrected chi connectivity index (χ0v) is 9.80. The molecule has 1 aliphatic rings. The van der Waals surface area contributed by atoms with Crippen molar-refractivity contribution in [1.29, 1.82) is 0 Å². The quantitative estimate of drug-likeness (QED) is 0.800. The van der Waals surface area contributed by atoms with Gasteiger partial charge in [-0.1, -0.05) is 18.0 Å². The lowest BCUT2D eigenvalue weighted by molar-refractivity contribution is 0.152. The van der Waals surface area contributed by atoms with Crippen LogP contribution in [0.4, 0.5) is 5.69 Å². The molecule has 82 valence electrons. The molecule has 0 aliphatic heterocycles. The Bertz CT molecular complexity index is 327. The SMILES string of the molecule is CN(Cc1cc(N)cc(Cl)c1)C1CCC1. The largest absolute Gasteiger partial charge is 0.399 e. The molecule has 0 atom stereocenters. The van der Waals surface area contributed by atoms with E-state index in [4.69, 9.17) is 17.3 Å². The van der Waals surface area contributed by atoms with Gasteiger partial charge in [0, 0.05) is 23.3 Å². The molecular formula is C12H17ClN2. The fraction of sp³-hybridized carbons (Fsp3) is 0.500. The van der Waals surface area contributed by atoms with E-state index >= 15 is 0 Å². The average Bonchev–Trinajstić information content (AvgIpc) is 1.96. The van der Waals surface area contributed by atoms with Crippen LogP contribution < -0.4 is 5.73 Å². The fourth-order valence-electron chi connectivity index (χ4n) is 2.01. The molecule has 0 aromatic heterocycles. The Morgan fingerprint density at radius 1 is 1.40 bits per heavy atom. The van der Waals surface area contributed by atoms with Gasteiger partial charge in [0.1, 0.15) is 0 Å². The topological polar surface area (TPSA) is 29.3 Å². The number of nitrogens with zero attached hydrogens (tertiary/aromatic N) is 1. The van der Waals surface area contributed by atoms with Crippen LogP contribution in [0.1, 0.15) is 24.8 Å². The Labute approximate surface area is 96.0 Å². The second-order valence-electron chi connectivity index (χ2n) is 4.39. The Hall–Kier alpha value is -0.730. The minimum absolute atomic E-state index is 0.729. The van der Waals surface area contributed by atoms with Gasteiger partial charge in [0.25, 0.3) is 0 Å². The van der Waals surface area contributed by atoms with Gasteiger partial charge in [0.15, 0.2) is 0 Å². The molecule has 1 aromatic rings. The van der Waals surface area contributed by atoms with Crippen LogP contribution in [-0.2, 0) is 6.54 Å². The molecule has 2 rings (SSSR count). The van der Waals surface area contributed by atoms with Crippen molar-refractivity contribution in [2.75, 3.05) is 12.8 Å². The van der Waals surface area contributed by atoms with E-state index in [1.54, 1.807) is 6.07 Å². The summed E-state index contributed by atoms with van der Waals surface area (Å²) in [6.45, 7) is 0.940. The van der Waals surface area contributed by atoms with Gasteiger partial charge >= 0.3 is 0 Å². The number of hydrogen-bond donors (Lipinski definition) is 1. The van der Waals surface area contributed by atoms with Gasteiger partial charge in [-0.15, -0.1) is 0 Å². The highest BCUT2D eigenvalue weighted by molar-refractivity contribution is 6.30. The molecule has 1 aromatic carbocycles. The lowest BCUT2D eigenvalue weighted by atomic mass is 9.91. The van der Waals surface area contributed by atoms with E-state index in [-0.39, 0.29) is 0 Å². The van der Waals surface area contributed by atoms with Crippen LogP contribution in [0.15, 0.2) is 18.2 Å². The van der Waals surface area contributed by atoms with E-state index < -0.39 is 0 Å². The molecule has 1 fully saturated rings. The van der Waals surface area contributed by atoms with E-state index in [0.29, 0.717) is 0 Å². The van der Waals surface area contributed by atoms with E-state index in [0.717, 1.165) is 23.3 Å². The summed E-state index contributed by atoms with van der Waals surface area (Å²) >= 11 is 5.96. The molecular weight excluding hydrogens is 208 g/mol. The maximum atomic E-state index is 5.96. The highest BCUT2D eigenvalue weighted by atomic mass is 35.5. The molecule has 3 heteroatoms. The first-order valence-corrected chi connectivity index (χ1v) is 5.78. The van der Waals surface area contributed by atoms with Crippen LogP contribution in [0.3, 0.4) is 0 Å². The molecule has 0 spiro atoms. The van der Waals surface area contributed by atoms with Gasteiger partial charge in [-0.2, -0.15) is 0 Å². The van der Waals surface area contributed by atoms with Crippen LogP contribution in [0.5, 0.6) is 0 Å². The van der Waals surface area contributed by atoms with Gasteiger partial charge in [-0.25, -0.2) is 0 Å². The predicted octanol–water partition coefficient (Wildman–Crippen LogP) is 2.91. The zero-order valence-electron chi connectivity index (χ0n) is 9.04. The number of anilines is 1. The summed E-state index contributed by atoms with van der Waals surface area (Å²) in [5, 5.41) is 0.729. The average molecular weight is 225 g/mol. The standard InChI is InChI=1S/C12H17ClN2/c1-15(12-3-2-4-12)8-9-5-10(13)7-11(14)6-9/h5-7,12H,2-4,8,14H2,1H3. The summed E-state index contributed by atoms with van der Waals surface area (Å²) in [6.07, 6.45) is 4.02. The van der Waals surface area contributed by atoms with E-state index in [1.807, 2.05) is 12.1 Å². The monoisotopic (exact) mass is 224 g/mol. The summed E-state index contributed by atoms with van der Waals surface area (Å²) < 4.78 is 0. The lowest BCUT2D eigenvalue weighted by Gasteiger charge is -2.34. The van der Waals surface area contributed by atoms with Crippen LogP contribution in [0, 0.1) is 0 Å². The van der Waals surface area contributed by atoms with Crippen molar-refractivity contribution in [3.05, 3.63) is 28.8 Å². The molecule has 0 unspecified atom stereocenters. The van der Waals surface area contributed by atoms with Crippen molar-refractivity contribution < 1.29 is 0 Å². The Balaban J connectivity index is 2.02. The van der Waals surface area contributed by atoms with Crippen molar-refractivity contribution >= 4 is 17.3 Å². The first kappa shape index (κ1) is 10.8. The van der Waals surface area contributed by atoms with Gasteiger partial charge in [-0.05, 0) is 43.7 Å². The van der Waals surface area contributed by atoms with Gasteiger partial charge in [0.2, 0.25) is 0 Å². The maximum Gasteiger partial charge on any atom is 0.0429 e. The Kier molecular flexibility index (Phi) is 3.17. The van der Waals surface area contributed by atoms with E-state index in [2.05, 4.69) is 11.9 Å². The van der Waals surface area contributed by atoms with Crippen LogP contribution >= 0.6 is 11.6 Å². The van der Waals surface area contributed by atoms with Crippen molar-refractivity contribution in [1.82, 2.24) is 4.90 Å². The molecule has 2 N–H and O–H groups in total. The third-order valence-electron chi connectivity index (χ3n) is 3.11. The minimum atomic E-state index is 0.729. The smallest absolute Gasteiger partial charge is 0.0429 e. The van der Waals surface area contributed by atoms with Gasteiger partial charge < -0.3 is 5.73 Å². The van der Waals surface area contributed by atoms with Crippen LogP contribution in [0.2, 0.25) is 5.02 Å². The van der Waals surface area contributed by atoms with Gasteiger partial charge in [0.05, 0.1) is 0 Å². The zero-order chi connectivity index (χ0) is 10.8. The third kappa shape index (κ3) is 2.64. The summed E-state index contributed by atoms with van der Waals surface area (Å²) in [6, 6.07) is 6.54. The second kappa shape index (κ2) is 4.42. The Morgan fingerprint density at radius 2 is 2.13 bits per heavy atom. The Morgan fingerprint density at radius 3 is 2.67 bits per heavy atom. The van der Waals surface area contributed by atoms with Crippen LogP contribution in [-0.4, -0.2) is 18.0 Å². The molecule has 0 saturated heterocycles. The summed E-state index contributed by atoms with van der Waals surface area (Å²) in [5.41, 5.74) is 7.71. The maximum absolute atomic E-state index is 5.96. The molecule has 0 bridgehead atoms. The molecule has 0 radical (unpaired) electrons. The first-order valence-electron chi connectivity index (χ1n) is 5.40. The molecule has 15 heavy (non-hydrogen) atoms. The van der Waals surface area contributed by atoms with Crippen molar-refractivity contribution in [3.8, 4) is 0 Å². The minimum Gasteiger partial charge on any atom is -0.399 e. The van der Waals surface area contributed by atoms with E-state index in [9.17, 15) is 0 Å². The van der Waals surface area contributed by atoms with Crippen molar-refractivity contribution in [3.63, 3.8) is 0 Å². The number of nitrogen functional groups attached to an aromatic ring is 1.